The van der Waals surface area contributed by atoms with Gasteiger partial charge in [0.1, 0.15) is 0 Å². The molecule has 9 heteroatoms. The van der Waals surface area contributed by atoms with Crippen molar-refractivity contribution < 1.29 is 22.8 Å². The van der Waals surface area contributed by atoms with Crippen molar-refractivity contribution in [1.29, 1.82) is 0 Å². The van der Waals surface area contributed by atoms with E-state index in [4.69, 9.17) is 0 Å². The summed E-state index contributed by atoms with van der Waals surface area (Å²) in [5, 5.41) is 7.18. The number of fused-ring (bicyclic) bond motifs is 3. The maximum absolute atomic E-state index is 12.5. The molecule has 1 aromatic heterocycles. The van der Waals surface area contributed by atoms with Crippen LogP contribution in [0.1, 0.15) is 31.3 Å². The van der Waals surface area contributed by atoms with Crippen molar-refractivity contribution >= 4 is 28.2 Å². The number of alkyl halides is 3. The van der Waals surface area contributed by atoms with Gasteiger partial charge in [-0.2, -0.15) is 13.2 Å². The average molecular weight is 375 g/mol. The molecule has 0 saturated carbocycles. The predicted octanol–water partition coefficient (Wildman–Crippen LogP) is 4.02. The first-order chi connectivity index (χ1) is 12.3. The number of hydrogen-bond acceptors (Lipinski definition) is 5. The van der Waals surface area contributed by atoms with Crippen molar-refractivity contribution in [3.05, 3.63) is 64.2 Å². The number of amides is 1. The molecule has 0 fully saturated rings. The van der Waals surface area contributed by atoms with Gasteiger partial charge >= 0.3 is 6.18 Å². The maximum atomic E-state index is 12.5. The summed E-state index contributed by atoms with van der Waals surface area (Å²) in [6.07, 6.45) is -4.62. The highest BCUT2D eigenvalue weighted by Crippen LogP contribution is 2.37. The molecule has 0 radical (unpaired) electrons. The number of hydrogen-bond donors (Lipinski definition) is 1. The summed E-state index contributed by atoms with van der Waals surface area (Å²) < 4.78 is 37.6. The van der Waals surface area contributed by atoms with Crippen LogP contribution >= 0.6 is 11.3 Å². The molecule has 0 atom stereocenters. The molecule has 0 aliphatic heterocycles. The van der Waals surface area contributed by atoms with Crippen molar-refractivity contribution in [2.45, 2.75) is 6.18 Å². The highest BCUT2D eigenvalue weighted by Gasteiger charge is 2.36. The van der Waals surface area contributed by atoms with E-state index in [0.29, 0.717) is 11.1 Å². The number of benzene rings is 2. The number of carbonyl (C=O) groups excluding carboxylic acids is 2. The molecule has 1 aliphatic carbocycles. The molecule has 130 valence electrons. The molecule has 1 aliphatic rings. The van der Waals surface area contributed by atoms with Crippen LogP contribution in [0.15, 0.2) is 42.5 Å². The Labute approximate surface area is 148 Å². The zero-order chi connectivity index (χ0) is 18.5. The van der Waals surface area contributed by atoms with E-state index in [-0.39, 0.29) is 27.8 Å². The number of nitrogens with zero attached hydrogens (tertiary/aromatic N) is 2. The molecule has 0 saturated heterocycles. The van der Waals surface area contributed by atoms with Crippen LogP contribution in [0.3, 0.4) is 0 Å². The lowest BCUT2D eigenvalue weighted by atomic mass is 10.0. The van der Waals surface area contributed by atoms with Gasteiger partial charge in [-0.25, -0.2) is 0 Å². The Morgan fingerprint density at radius 3 is 2.35 bits per heavy atom. The van der Waals surface area contributed by atoms with Crippen molar-refractivity contribution in [2.75, 3.05) is 5.32 Å². The van der Waals surface area contributed by atoms with Gasteiger partial charge in [-0.3, -0.25) is 14.9 Å². The largest absolute Gasteiger partial charge is 0.445 e. The average Bonchev–Trinajstić information content (AvgIpc) is 3.19. The van der Waals surface area contributed by atoms with Crippen LogP contribution in [-0.4, -0.2) is 21.9 Å². The summed E-state index contributed by atoms with van der Waals surface area (Å²) in [5.41, 5.74) is 2.59. The monoisotopic (exact) mass is 375 g/mol. The van der Waals surface area contributed by atoms with Crippen molar-refractivity contribution in [3.63, 3.8) is 0 Å². The van der Waals surface area contributed by atoms with E-state index in [9.17, 15) is 22.8 Å². The third-order valence-corrected chi connectivity index (χ3v) is 4.76. The van der Waals surface area contributed by atoms with Crippen LogP contribution in [0.4, 0.5) is 18.3 Å². The van der Waals surface area contributed by atoms with Crippen LogP contribution in [-0.2, 0) is 6.18 Å². The molecule has 3 aromatic rings. The molecule has 0 bridgehead atoms. The Kier molecular flexibility index (Phi) is 3.62. The van der Waals surface area contributed by atoms with E-state index in [2.05, 4.69) is 15.5 Å². The highest BCUT2D eigenvalue weighted by molar-refractivity contribution is 7.15. The van der Waals surface area contributed by atoms with Gasteiger partial charge in [0.2, 0.25) is 10.1 Å². The van der Waals surface area contributed by atoms with Gasteiger partial charge in [0.25, 0.3) is 5.91 Å². The van der Waals surface area contributed by atoms with E-state index in [0.717, 1.165) is 11.1 Å². The second-order valence-corrected chi connectivity index (χ2v) is 6.48. The normalized spacial score (nSPS) is 12.7. The molecule has 5 nitrogen and oxygen atoms in total. The number of nitrogens with one attached hydrogen (secondary N) is 1. The summed E-state index contributed by atoms with van der Waals surface area (Å²) >= 11 is 0.233. The molecule has 1 heterocycles. The lowest BCUT2D eigenvalue weighted by Gasteiger charge is -2.04. The smallest absolute Gasteiger partial charge is 0.296 e. The lowest BCUT2D eigenvalue weighted by molar-refractivity contribution is -0.138. The molecule has 0 spiro atoms. The highest BCUT2D eigenvalue weighted by atomic mass is 32.1. The molecular weight excluding hydrogens is 367 g/mol. The molecule has 4 rings (SSSR count). The second kappa shape index (κ2) is 5.73. The van der Waals surface area contributed by atoms with E-state index in [1.54, 1.807) is 18.2 Å². The minimum Gasteiger partial charge on any atom is -0.296 e. The van der Waals surface area contributed by atoms with Crippen molar-refractivity contribution in [3.8, 4) is 11.1 Å². The number of anilines is 1. The summed E-state index contributed by atoms with van der Waals surface area (Å²) in [4.78, 5) is 24.7. The summed E-state index contributed by atoms with van der Waals surface area (Å²) in [6, 6.07) is 11.7. The molecule has 2 aromatic carbocycles. The fraction of sp³-hybridized carbons (Fsp3) is 0.0588. The third-order valence-electron chi connectivity index (χ3n) is 3.88. The van der Waals surface area contributed by atoms with E-state index in [1.165, 1.54) is 12.1 Å². The Morgan fingerprint density at radius 1 is 0.962 bits per heavy atom. The standard InChI is InChI=1S/C17H8F3N3O2S/c18-17(19,20)15-22-23-16(26-15)21-14(25)8-5-6-10-9-3-1-2-4-11(9)13(24)12(10)7-8/h1-7H,(H,21,23,25). The maximum Gasteiger partial charge on any atom is 0.445 e. The predicted molar refractivity (Wildman–Crippen MR) is 88.2 cm³/mol. The third kappa shape index (κ3) is 2.66. The van der Waals surface area contributed by atoms with Crippen LogP contribution in [0, 0.1) is 0 Å². The van der Waals surface area contributed by atoms with Gasteiger partial charge in [-0.15, -0.1) is 10.2 Å². The number of aromatic nitrogens is 2. The van der Waals surface area contributed by atoms with E-state index in [1.807, 2.05) is 12.1 Å². The fourth-order valence-electron chi connectivity index (χ4n) is 2.73. The Morgan fingerprint density at radius 2 is 1.65 bits per heavy atom. The first-order valence-electron chi connectivity index (χ1n) is 7.35. The van der Waals surface area contributed by atoms with Gasteiger partial charge in [0, 0.05) is 16.7 Å². The van der Waals surface area contributed by atoms with Crippen molar-refractivity contribution in [2.24, 2.45) is 0 Å². The first-order valence-corrected chi connectivity index (χ1v) is 8.16. The van der Waals surface area contributed by atoms with Crippen molar-refractivity contribution in [1.82, 2.24) is 10.2 Å². The first kappa shape index (κ1) is 16.4. The van der Waals surface area contributed by atoms with E-state index >= 15 is 0 Å². The quantitative estimate of drug-likeness (QED) is 0.574. The van der Waals surface area contributed by atoms with Crippen LogP contribution in [0.5, 0.6) is 0 Å². The Bertz CT molecular complexity index is 1060. The van der Waals surface area contributed by atoms with Crippen LogP contribution in [0.2, 0.25) is 0 Å². The zero-order valence-electron chi connectivity index (χ0n) is 12.8. The zero-order valence-corrected chi connectivity index (χ0v) is 13.6. The number of halogens is 3. The molecule has 0 unspecified atom stereocenters. The van der Waals surface area contributed by atoms with Gasteiger partial charge in [-0.1, -0.05) is 41.7 Å². The summed E-state index contributed by atoms with van der Waals surface area (Å²) in [5.74, 6) is -0.859. The number of carbonyl (C=O) groups is 2. The molecule has 1 N–H and O–H groups in total. The van der Waals surface area contributed by atoms with Crippen LogP contribution in [0.25, 0.3) is 11.1 Å². The fourth-order valence-corrected chi connectivity index (χ4v) is 3.33. The Hall–Kier alpha value is -3.07. The second-order valence-electron chi connectivity index (χ2n) is 5.50. The topological polar surface area (TPSA) is 72.0 Å². The summed E-state index contributed by atoms with van der Waals surface area (Å²) in [7, 11) is 0. The molecular formula is C17H8F3N3O2S. The van der Waals surface area contributed by atoms with Gasteiger partial charge in [0.05, 0.1) is 0 Å². The SMILES string of the molecule is O=C(Nc1nnc(C(F)(F)F)s1)c1ccc2c(c1)C(=O)c1ccccc1-2. The lowest BCUT2D eigenvalue weighted by Crippen LogP contribution is -2.12. The van der Waals surface area contributed by atoms with E-state index < -0.39 is 17.1 Å². The Balaban J connectivity index is 1.61. The minimum absolute atomic E-state index is 0.147. The van der Waals surface area contributed by atoms with Gasteiger partial charge < -0.3 is 0 Å². The molecule has 26 heavy (non-hydrogen) atoms. The minimum atomic E-state index is -4.62. The number of ketones is 1. The molecule has 1 amide bonds. The summed E-state index contributed by atoms with van der Waals surface area (Å²) in [6.45, 7) is 0. The number of rotatable bonds is 2. The van der Waals surface area contributed by atoms with Crippen LogP contribution < -0.4 is 5.32 Å². The van der Waals surface area contributed by atoms with Gasteiger partial charge in [0.15, 0.2) is 5.78 Å². The van der Waals surface area contributed by atoms with Gasteiger partial charge in [-0.05, 0) is 23.3 Å².